The van der Waals surface area contributed by atoms with E-state index >= 15 is 0 Å². The summed E-state index contributed by atoms with van der Waals surface area (Å²) in [6.45, 7) is 0. The van der Waals surface area contributed by atoms with Gasteiger partial charge in [-0.2, -0.15) is 13.5 Å². The van der Waals surface area contributed by atoms with E-state index < -0.39 is 15.8 Å². The maximum absolute atomic E-state index is 12.9. The zero-order valence-electron chi connectivity index (χ0n) is 8.38. The molecule has 1 aromatic carbocycles. The molecule has 90 valence electrons. The highest BCUT2D eigenvalue weighted by atomic mass is 32.2. The number of hydrogen-bond donors (Lipinski definition) is 3. The maximum Gasteiger partial charge on any atom is 0.278 e. The van der Waals surface area contributed by atoms with Crippen molar-refractivity contribution < 1.29 is 17.9 Å². The zero-order valence-corrected chi connectivity index (χ0v) is 9.20. The third-order valence-electron chi connectivity index (χ3n) is 1.97. The molecule has 0 atom stereocenters. The molecular weight excluding hydrogens is 249 g/mol. The van der Waals surface area contributed by atoms with E-state index in [1.54, 1.807) is 0 Å². The Bertz CT molecular complexity index is 625. The molecule has 2 rings (SSSR count). The lowest BCUT2D eigenvalue weighted by Crippen LogP contribution is -2.13. The molecule has 0 saturated heterocycles. The molecule has 2 aromatic rings. The third-order valence-corrected chi connectivity index (χ3v) is 3.26. The van der Waals surface area contributed by atoms with E-state index in [1.165, 1.54) is 12.3 Å². The van der Waals surface area contributed by atoms with E-state index in [0.29, 0.717) is 0 Å². The number of nitrogens with one attached hydrogen (secondary N) is 2. The standard InChI is InChI=1S/C9H8FN3O3S/c10-6-1-2-8(14)7(5-6)13-17(15,16)9-3-4-11-12-9/h1-5,13-14H,(H,11,12). The second-order valence-electron chi connectivity index (χ2n) is 3.19. The monoisotopic (exact) mass is 257 g/mol. The van der Waals surface area contributed by atoms with Crippen LogP contribution in [0.3, 0.4) is 0 Å². The van der Waals surface area contributed by atoms with Crippen LogP contribution in [0.4, 0.5) is 10.1 Å². The summed E-state index contributed by atoms with van der Waals surface area (Å²) in [5.41, 5.74) is -0.236. The number of nitrogens with zero attached hydrogens (tertiary/aromatic N) is 1. The van der Waals surface area contributed by atoms with Crippen molar-refractivity contribution in [2.24, 2.45) is 0 Å². The summed E-state index contributed by atoms with van der Waals surface area (Å²) in [6.07, 6.45) is 1.26. The lowest BCUT2D eigenvalue weighted by Gasteiger charge is -2.07. The van der Waals surface area contributed by atoms with E-state index in [2.05, 4.69) is 10.2 Å². The molecule has 8 heteroatoms. The van der Waals surface area contributed by atoms with Crippen molar-refractivity contribution in [3.63, 3.8) is 0 Å². The number of anilines is 1. The second-order valence-corrected chi connectivity index (χ2v) is 4.84. The minimum atomic E-state index is -3.90. The number of aromatic nitrogens is 2. The van der Waals surface area contributed by atoms with Crippen molar-refractivity contribution in [2.75, 3.05) is 4.72 Å². The van der Waals surface area contributed by atoms with Crippen LogP contribution in [0.15, 0.2) is 35.5 Å². The number of halogens is 1. The molecule has 0 unspecified atom stereocenters. The Morgan fingerprint density at radius 2 is 2.12 bits per heavy atom. The Hall–Kier alpha value is -2.09. The first-order chi connectivity index (χ1) is 7.99. The average Bonchev–Trinajstić information content (AvgIpc) is 2.77. The number of phenolic OH excluding ortho intramolecular Hbond substituents is 1. The van der Waals surface area contributed by atoms with Crippen molar-refractivity contribution in [1.29, 1.82) is 0 Å². The summed E-state index contributed by atoms with van der Waals surface area (Å²) in [7, 11) is -3.90. The highest BCUT2D eigenvalue weighted by Gasteiger charge is 2.17. The van der Waals surface area contributed by atoms with Crippen LogP contribution in [0.25, 0.3) is 0 Å². The highest BCUT2D eigenvalue weighted by Crippen LogP contribution is 2.25. The summed E-state index contributed by atoms with van der Waals surface area (Å²) < 4.78 is 38.4. The van der Waals surface area contributed by atoms with Gasteiger partial charge >= 0.3 is 0 Å². The van der Waals surface area contributed by atoms with E-state index in [0.717, 1.165) is 18.2 Å². The van der Waals surface area contributed by atoms with Crippen molar-refractivity contribution in [3.05, 3.63) is 36.3 Å². The first-order valence-corrected chi connectivity index (χ1v) is 5.98. The molecule has 0 aliphatic rings. The van der Waals surface area contributed by atoms with Gasteiger partial charge in [0, 0.05) is 6.07 Å². The Morgan fingerprint density at radius 1 is 1.35 bits per heavy atom. The molecule has 1 aromatic heterocycles. The van der Waals surface area contributed by atoms with Crippen molar-refractivity contribution >= 4 is 15.7 Å². The van der Waals surface area contributed by atoms with E-state index in [1.807, 2.05) is 4.72 Å². The van der Waals surface area contributed by atoms with Gasteiger partial charge in [0.25, 0.3) is 10.0 Å². The molecule has 0 fully saturated rings. The van der Waals surface area contributed by atoms with Gasteiger partial charge in [0.05, 0.1) is 11.9 Å². The number of phenols is 1. The fourth-order valence-corrected chi connectivity index (χ4v) is 2.16. The molecule has 0 bridgehead atoms. The molecule has 0 amide bonds. The van der Waals surface area contributed by atoms with Crippen molar-refractivity contribution in [1.82, 2.24) is 10.2 Å². The Labute approximate surface area is 96.2 Å². The minimum absolute atomic E-state index is 0.179. The van der Waals surface area contributed by atoms with Gasteiger partial charge in [-0.3, -0.25) is 9.82 Å². The van der Waals surface area contributed by atoms with Gasteiger partial charge in [-0.1, -0.05) is 0 Å². The van der Waals surface area contributed by atoms with Crippen LogP contribution in [0.1, 0.15) is 0 Å². The molecule has 0 aliphatic carbocycles. The predicted molar refractivity (Wildman–Crippen MR) is 57.5 cm³/mol. The smallest absolute Gasteiger partial charge is 0.278 e. The number of aromatic hydroxyl groups is 1. The van der Waals surface area contributed by atoms with Gasteiger partial charge < -0.3 is 5.11 Å². The summed E-state index contributed by atoms with van der Waals surface area (Å²) in [6, 6.07) is 4.19. The molecule has 1 heterocycles. The van der Waals surface area contributed by atoms with Gasteiger partial charge in [0.1, 0.15) is 11.6 Å². The van der Waals surface area contributed by atoms with Crippen LogP contribution in [0.5, 0.6) is 5.75 Å². The number of aromatic amines is 1. The number of benzene rings is 1. The second kappa shape index (κ2) is 4.06. The van der Waals surface area contributed by atoms with Crippen LogP contribution >= 0.6 is 0 Å². The number of H-pyrrole nitrogens is 1. The van der Waals surface area contributed by atoms with Crippen LogP contribution in [0.2, 0.25) is 0 Å². The fourth-order valence-electron chi connectivity index (χ4n) is 1.18. The first-order valence-electron chi connectivity index (χ1n) is 4.50. The van der Waals surface area contributed by atoms with Crippen LogP contribution in [-0.4, -0.2) is 23.7 Å². The predicted octanol–water partition coefficient (Wildman–Crippen LogP) is 1.06. The number of sulfonamides is 1. The SMILES string of the molecule is O=S(=O)(Nc1cc(F)ccc1O)c1ccn[nH]1. The maximum atomic E-state index is 12.9. The van der Waals surface area contributed by atoms with Gasteiger partial charge in [0.2, 0.25) is 0 Å². The minimum Gasteiger partial charge on any atom is -0.506 e. The Balaban J connectivity index is 2.36. The quantitative estimate of drug-likeness (QED) is 0.716. The number of rotatable bonds is 3. The van der Waals surface area contributed by atoms with Crippen molar-refractivity contribution in [3.8, 4) is 5.75 Å². The van der Waals surface area contributed by atoms with Gasteiger partial charge in [-0.05, 0) is 18.2 Å². The first kappa shape index (κ1) is 11.4. The topological polar surface area (TPSA) is 95.1 Å². The third kappa shape index (κ3) is 2.36. The summed E-state index contributed by atoms with van der Waals surface area (Å²) in [4.78, 5) is 0. The van der Waals surface area contributed by atoms with E-state index in [4.69, 9.17) is 0 Å². The molecule has 17 heavy (non-hydrogen) atoms. The molecular formula is C9H8FN3O3S. The zero-order chi connectivity index (χ0) is 12.5. The fraction of sp³-hybridized carbons (Fsp3) is 0. The molecule has 0 radical (unpaired) electrons. The van der Waals surface area contributed by atoms with Gasteiger partial charge in [0.15, 0.2) is 5.03 Å². The molecule has 0 spiro atoms. The molecule has 0 saturated carbocycles. The normalized spacial score (nSPS) is 11.4. The van der Waals surface area contributed by atoms with Crippen LogP contribution in [-0.2, 0) is 10.0 Å². The molecule has 3 N–H and O–H groups in total. The Morgan fingerprint density at radius 3 is 2.76 bits per heavy atom. The number of hydrogen-bond acceptors (Lipinski definition) is 4. The van der Waals surface area contributed by atoms with Gasteiger partial charge in [-0.15, -0.1) is 0 Å². The van der Waals surface area contributed by atoms with E-state index in [9.17, 15) is 17.9 Å². The summed E-state index contributed by atoms with van der Waals surface area (Å²) >= 11 is 0. The summed E-state index contributed by atoms with van der Waals surface area (Å²) in [5, 5.41) is 14.9. The van der Waals surface area contributed by atoms with Gasteiger partial charge in [-0.25, -0.2) is 4.39 Å². The highest BCUT2D eigenvalue weighted by molar-refractivity contribution is 7.92. The largest absolute Gasteiger partial charge is 0.506 e. The van der Waals surface area contributed by atoms with E-state index in [-0.39, 0.29) is 16.5 Å². The van der Waals surface area contributed by atoms with Crippen molar-refractivity contribution in [2.45, 2.75) is 5.03 Å². The van der Waals surface area contributed by atoms with Crippen LogP contribution < -0.4 is 4.72 Å². The average molecular weight is 257 g/mol. The summed E-state index contributed by atoms with van der Waals surface area (Å²) in [5.74, 6) is -1.03. The molecule has 0 aliphatic heterocycles. The lowest BCUT2D eigenvalue weighted by molar-refractivity contribution is 0.475. The Kier molecular flexibility index (Phi) is 2.72. The molecule has 6 nitrogen and oxygen atoms in total. The lowest BCUT2D eigenvalue weighted by atomic mass is 10.3. The van der Waals surface area contributed by atoms with Crippen LogP contribution in [0, 0.1) is 5.82 Å².